The minimum absolute atomic E-state index is 0.0988. The lowest BCUT2D eigenvalue weighted by Gasteiger charge is -2.39. The van der Waals surface area contributed by atoms with Crippen LogP contribution in [0, 0.1) is 0 Å². The topological polar surface area (TPSA) is 37.3 Å². The van der Waals surface area contributed by atoms with Crippen LogP contribution in [0.4, 0.5) is 0 Å². The number of ketones is 1. The van der Waals surface area contributed by atoms with Crippen LogP contribution in [0.1, 0.15) is 27.2 Å². The van der Waals surface area contributed by atoms with Gasteiger partial charge in [-0.3, -0.25) is 0 Å². The number of hydrogen-bond donors (Lipinski definition) is 1. The lowest BCUT2D eigenvalue weighted by Crippen LogP contribution is -2.40. The van der Waals surface area contributed by atoms with E-state index in [-0.39, 0.29) is 17.4 Å². The maximum Gasteiger partial charge on any atom is 0.130 e. The van der Waals surface area contributed by atoms with Crippen molar-refractivity contribution in [2.45, 2.75) is 51.4 Å². The number of carbonyl (C=O) groups is 1. The zero-order valence-electron chi connectivity index (χ0n) is 9.48. The van der Waals surface area contributed by atoms with Crippen LogP contribution in [0.2, 0.25) is 24.2 Å². The zero-order chi connectivity index (χ0) is 10.7. The summed E-state index contributed by atoms with van der Waals surface area (Å²) < 4.78 is 0. The van der Waals surface area contributed by atoms with Crippen molar-refractivity contribution in [2.24, 2.45) is 0 Å². The number of hydrogen-bond acceptors (Lipinski definition) is 2. The number of Topliss-reactive ketones (excluding diaryl/α,β-unsaturated/α-hetero) is 1. The summed E-state index contributed by atoms with van der Waals surface area (Å²) in [5, 5.41) is 9.05. The average molecular weight is 202 g/mol. The van der Waals surface area contributed by atoms with Crippen LogP contribution >= 0.6 is 0 Å². The number of rotatable bonds is 5. The van der Waals surface area contributed by atoms with Gasteiger partial charge < -0.3 is 9.90 Å². The van der Waals surface area contributed by atoms with Gasteiger partial charge in [-0.1, -0.05) is 26.9 Å². The van der Waals surface area contributed by atoms with Gasteiger partial charge in [0.2, 0.25) is 0 Å². The van der Waals surface area contributed by atoms with Crippen molar-refractivity contribution < 1.29 is 9.90 Å². The number of carbonyl (C=O) groups excluding carboxylic acids is 1. The summed E-state index contributed by atoms with van der Waals surface area (Å²) in [4.78, 5) is 11.1. The standard InChI is InChI=1S/C10H22O2Si/c1-9(12)8-10(2,3)13(4,5)7-6-11/h11H,6-8H2,1-5H3. The van der Waals surface area contributed by atoms with Gasteiger partial charge in [0.25, 0.3) is 0 Å². The smallest absolute Gasteiger partial charge is 0.130 e. The molecule has 0 aromatic heterocycles. The summed E-state index contributed by atoms with van der Waals surface area (Å²) in [7, 11) is -1.46. The molecule has 0 saturated carbocycles. The van der Waals surface area contributed by atoms with Crippen LogP contribution in [0.3, 0.4) is 0 Å². The first-order valence-electron chi connectivity index (χ1n) is 4.83. The van der Waals surface area contributed by atoms with E-state index < -0.39 is 8.07 Å². The Hall–Kier alpha value is -0.153. The molecule has 0 aliphatic rings. The van der Waals surface area contributed by atoms with Gasteiger partial charge in [-0.15, -0.1) is 0 Å². The Morgan fingerprint density at radius 1 is 1.38 bits per heavy atom. The second-order valence-corrected chi connectivity index (χ2v) is 10.7. The van der Waals surface area contributed by atoms with Crippen molar-refractivity contribution in [2.75, 3.05) is 6.61 Å². The van der Waals surface area contributed by atoms with E-state index in [1.165, 1.54) is 0 Å². The van der Waals surface area contributed by atoms with E-state index >= 15 is 0 Å². The predicted octanol–water partition coefficient (Wildman–Crippen LogP) is 2.45. The molecular formula is C10H22O2Si. The van der Waals surface area contributed by atoms with Gasteiger partial charge in [0.1, 0.15) is 5.78 Å². The van der Waals surface area contributed by atoms with E-state index in [0.717, 1.165) is 6.04 Å². The van der Waals surface area contributed by atoms with Crippen LogP contribution in [0.15, 0.2) is 0 Å². The van der Waals surface area contributed by atoms with Crippen molar-refractivity contribution in [3.05, 3.63) is 0 Å². The molecular weight excluding hydrogens is 180 g/mol. The second kappa shape index (κ2) is 4.38. The van der Waals surface area contributed by atoms with Crippen molar-refractivity contribution >= 4 is 13.9 Å². The lowest BCUT2D eigenvalue weighted by molar-refractivity contribution is -0.117. The average Bonchev–Trinajstić information content (AvgIpc) is 1.82. The monoisotopic (exact) mass is 202 g/mol. The van der Waals surface area contributed by atoms with Crippen LogP contribution in [0.25, 0.3) is 0 Å². The number of aliphatic hydroxyl groups is 1. The Kier molecular flexibility index (Phi) is 4.32. The van der Waals surface area contributed by atoms with Gasteiger partial charge in [-0.25, -0.2) is 0 Å². The van der Waals surface area contributed by atoms with Gasteiger partial charge in [0.05, 0.1) is 8.07 Å². The molecule has 0 bridgehead atoms. The number of aliphatic hydroxyl groups excluding tert-OH is 1. The quantitative estimate of drug-likeness (QED) is 0.695. The molecule has 1 N–H and O–H groups in total. The van der Waals surface area contributed by atoms with Crippen LogP contribution in [-0.4, -0.2) is 25.6 Å². The first-order valence-corrected chi connectivity index (χ1v) is 8.04. The molecule has 13 heavy (non-hydrogen) atoms. The lowest BCUT2D eigenvalue weighted by atomic mass is 10.1. The molecule has 0 aromatic rings. The minimum atomic E-state index is -1.46. The molecule has 0 unspecified atom stereocenters. The summed E-state index contributed by atoms with van der Waals surface area (Å²) in [5.74, 6) is 0.253. The van der Waals surface area contributed by atoms with Gasteiger partial charge in [-0.2, -0.15) is 0 Å². The molecule has 3 heteroatoms. The molecule has 0 amide bonds. The van der Waals surface area contributed by atoms with Gasteiger partial charge in [0, 0.05) is 13.0 Å². The second-order valence-electron chi connectivity index (χ2n) is 5.12. The van der Waals surface area contributed by atoms with Crippen molar-refractivity contribution in [1.82, 2.24) is 0 Å². The molecule has 78 valence electrons. The molecule has 0 spiro atoms. The molecule has 0 radical (unpaired) electrons. The van der Waals surface area contributed by atoms with Crippen molar-refractivity contribution in [3.63, 3.8) is 0 Å². The highest BCUT2D eigenvalue weighted by molar-refractivity contribution is 6.80. The van der Waals surface area contributed by atoms with E-state index in [0.29, 0.717) is 6.42 Å². The van der Waals surface area contributed by atoms with Crippen molar-refractivity contribution in [3.8, 4) is 0 Å². The van der Waals surface area contributed by atoms with Gasteiger partial charge in [0.15, 0.2) is 0 Å². The molecule has 0 aliphatic carbocycles. The maximum atomic E-state index is 11.1. The van der Waals surface area contributed by atoms with E-state index in [1.807, 2.05) is 0 Å². The fourth-order valence-corrected chi connectivity index (χ4v) is 3.44. The summed E-state index contributed by atoms with van der Waals surface area (Å²) >= 11 is 0. The Morgan fingerprint density at radius 2 is 1.85 bits per heavy atom. The predicted molar refractivity (Wildman–Crippen MR) is 58.7 cm³/mol. The third-order valence-electron chi connectivity index (χ3n) is 3.26. The van der Waals surface area contributed by atoms with Gasteiger partial charge >= 0.3 is 0 Å². The fourth-order valence-electron chi connectivity index (χ4n) is 1.48. The Labute approximate surface area is 82.4 Å². The first kappa shape index (κ1) is 12.8. The normalized spacial score (nSPS) is 13.1. The fraction of sp³-hybridized carbons (Fsp3) is 0.900. The van der Waals surface area contributed by atoms with Gasteiger partial charge in [-0.05, 0) is 18.0 Å². The van der Waals surface area contributed by atoms with E-state index in [4.69, 9.17) is 5.11 Å². The molecule has 0 aliphatic heterocycles. The molecule has 0 saturated heterocycles. The molecule has 0 aromatic carbocycles. The third kappa shape index (κ3) is 3.61. The highest BCUT2D eigenvalue weighted by Crippen LogP contribution is 2.42. The zero-order valence-corrected chi connectivity index (χ0v) is 10.5. The first-order chi connectivity index (χ1) is 5.73. The van der Waals surface area contributed by atoms with E-state index in [1.54, 1.807) is 6.92 Å². The summed E-state index contributed by atoms with van der Waals surface area (Å²) in [6.07, 6.45) is 0.645. The summed E-state index contributed by atoms with van der Waals surface area (Å²) in [6.45, 7) is 10.7. The minimum Gasteiger partial charge on any atom is -0.397 e. The Balaban J connectivity index is 4.49. The largest absolute Gasteiger partial charge is 0.397 e. The molecule has 0 heterocycles. The SMILES string of the molecule is CC(=O)CC(C)(C)[Si](C)(C)CCO. The molecule has 0 rings (SSSR count). The van der Waals surface area contributed by atoms with Crippen LogP contribution in [0.5, 0.6) is 0 Å². The van der Waals surface area contributed by atoms with Crippen LogP contribution < -0.4 is 0 Å². The highest BCUT2D eigenvalue weighted by atomic mass is 28.3. The van der Waals surface area contributed by atoms with E-state index in [2.05, 4.69) is 26.9 Å². The molecule has 2 nitrogen and oxygen atoms in total. The maximum absolute atomic E-state index is 11.1. The highest BCUT2D eigenvalue weighted by Gasteiger charge is 2.38. The molecule has 0 atom stereocenters. The molecule has 0 fully saturated rings. The van der Waals surface area contributed by atoms with E-state index in [9.17, 15) is 4.79 Å². The summed E-state index contributed by atoms with van der Waals surface area (Å²) in [5.41, 5.74) is 0. The summed E-state index contributed by atoms with van der Waals surface area (Å²) in [6, 6.07) is 0.882. The Morgan fingerprint density at radius 3 is 2.15 bits per heavy atom. The third-order valence-corrected chi connectivity index (χ3v) is 8.57. The van der Waals surface area contributed by atoms with Crippen LogP contribution in [-0.2, 0) is 4.79 Å². The Bertz CT molecular complexity index is 185. The van der Waals surface area contributed by atoms with Crippen molar-refractivity contribution in [1.29, 1.82) is 0 Å².